The lowest BCUT2D eigenvalue weighted by Crippen LogP contribution is -2.39. The third kappa shape index (κ3) is 5.15. The molecule has 5 heteroatoms. The lowest BCUT2D eigenvalue weighted by molar-refractivity contribution is 0.0270. The Bertz CT molecular complexity index is 1240. The first-order valence-corrected chi connectivity index (χ1v) is 12.9. The zero-order valence-electron chi connectivity index (χ0n) is 21.4. The highest BCUT2D eigenvalue weighted by molar-refractivity contribution is 5.89. The van der Waals surface area contributed by atoms with E-state index < -0.39 is 5.60 Å². The van der Waals surface area contributed by atoms with Crippen LogP contribution in [0, 0.1) is 0 Å². The van der Waals surface area contributed by atoms with Crippen LogP contribution in [-0.2, 0) is 11.2 Å². The summed E-state index contributed by atoms with van der Waals surface area (Å²) in [7, 11) is 0. The van der Waals surface area contributed by atoms with Crippen LogP contribution in [0.3, 0.4) is 0 Å². The van der Waals surface area contributed by atoms with Crippen LogP contribution in [0.15, 0.2) is 54.6 Å². The van der Waals surface area contributed by atoms with Gasteiger partial charge >= 0.3 is 6.09 Å². The number of hydrogen-bond donors (Lipinski definition) is 2. The van der Waals surface area contributed by atoms with Crippen LogP contribution >= 0.6 is 0 Å². The number of ether oxygens (including phenoxy) is 1. The minimum atomic E-state index is -0.467. The number of hydrogen-bond acceptors (Lipinski definition) is 3. The van der Waals surface area contributed by atoms with E-state index in [-0.39, 0.29) is 6.09 Å². The van der Waals surface area contributed by atoms with E-state index in [2.05, 4.69) is 71.8 Å². The molecular formula is C30H37N3O2. The SMILES string of the molecule is C[C@@H](NC1CCCc2c1[nH]c1ccc(C3=CCN(C(=O)OC(C)(C)C)CC3)cc21)c1ccccc1. The Morgan fingerprint density at radius 2 is 1.94 bits per heavy atom. The molecule has 1 amide bonds. The molecule has 0 spiro atoms. The summed E-state index contributed by atoms with van der Waals surface area (Å²) in [5.41, 5.74) is 7.44. The minimum Gasteiger partial charge on any atom is -0.444 e. The van der Waals surface area contributed by atoms with Gasteiger partial charge in [0.2, 0.25) is 0 Å². The van der Waals surface area contributed by atoms with Gasteiger partial charge in [0.25, 0.3) is 0 Å². The first-order valence-electron chi connectivity index (χ1n) is 12.9. The number of aromatic nitrogens is 1. The molecule has 2 aliphatic rings. The summed E-state index contributed by atoms with van der Waals surface area (Å²) in [4.78, 5) is 18.0. The first-order chi connectivity index (χ1) is 16.8. The maximum atomic E-state index is 12.4. The Balaban J connectivity index is 1.35. The van der Waals surface area contributed by atoms with Crippen LogP contribution in [0.1, 0.15) is 81.4 Å². The molecule has 1 aliphatic carbocycles. The van der Waals surface area contributed by atoms with Crippen molar-refractivity contribution in [3.63, 3.8) is 0 Å². The van der Waals surface area contributed by atoms with Crippen molar-refractivity contribution < 1.29 is 9.53 Å². The van der Waals surface area contributed by atoms with Crippen LogP contribution in [0.25, 0.3) is 16.5 Å². The van der Waals surface area contributed by atoms with Gasteiger partial charge in [-0.1, -0.05) is 42.5 Å². The molecular weight excluding hydrogens is 434 g/mol. The number of H-pyrrole nitrogens is 1. The monoisotopic (exact) mass is 471 g/mol. The second-order valence-corrected chi connectivity index (χ2v) is 10.9. The van der Waals surface area contributed by atoms with E-state index in [9.17, 15) is 4.79 Å². The highest BCUT2D eigenvalue weighted by Crippen LogP contribution is 2.37. The third-order valence-corrected chi connectivity index (χ3v) is 7.19. The van der Waals surface area contributed by atoms with E-state index in [0.717, 1.165) is 19.3 Å². The topological polar surface area (TPSA) is 57.4 Å². The summed E-state index contributed by atoms with van der Waals surface area (Å²) >= 11 is 0. The van der Waals surface area contributed by atoms with Gasteiger partial charge < -0.3 is 19.9 Å². The van der Waals surface area contributed by atoms with Gasteiger partial charge in [-0.05, 0) is 87.8 Å². The molecule has 0 saturated carbocycles. The molecule has 0 bridgehead atoms. The molecule has 184 valence electrons. The Labute approximate surface area is 208 Å². The van der Waals surface area contributed by atoms with E-state index in [1.807, 2.05) is 20.8 Å². The van der Waals surface area contributed by atoms with Crippen LogP contribution in [-0.4, -0.2) is 34.7 Å². The summed E-state index contributed by atoms with van der Waals surface area (Å²) in [5, 5.41) is 5.21. The van der Waals surface area contributed by atoms with Crippen molar-refractivity contribution in [2.24, 2.45) is 0 Å². The molecule has 35 heavy (non-hydrogen) atoms. The quantitative estimate of drug-likeness (QED) is 0.434. The first kappa shape index (κ1) is 23.7. The van der Waals surface area contributed by atoms with Crippen LogP contribution in [0.2, 0.25) is 0 Å². The van der Waals surface area contributed by atoms with E-state index in [0.29, 0.717) is 25.2 Å². The lowest BCUT2D eigenvalue weighted by atomic mass is 9.90. The lowest BCUT2D eigenvalue weighted by Gasteiger charge is -2.29. The summed E-state index contributed by atoms with van der Waals surface area (Å²) in [6.45, 7) is 9.26. The molecule has 1 aromatic heterocycles. The standard InChI is InChI=1S/C30H37N3O2/c1-20(21-9-6-5-7-10-21)31-27-12-8-11-24-25-19-23(13-14-26(25)32-28(24)27)22-15-17-33(18-16-22)29(34)35-30(2,3)4/h5-7,9-10,13-15,19-20,27,31-32H,8,11-12,16-18H2,1-4H3/t20-,27?/m1/s1. The summed E-state index contributed by atoms with van der Waals surface area (Å²) in [6, 6.07) is 18.1. The Kier molecular flexibility index (Phi) is 6.45. The molecule has 5 rings (SSSR count). The van der Waals surface area contributed by atoms with Gasteiger partial charge in [0.1, 0.15) is 5.60 Å². The van der Waals surface area contributed by atoms with E-state index in [1.165, 1.54) is 45.3 Å². The highest BCUT2D eigenvalue weighted by Gasteiger charge is 2.27. The van der Waals surface area contributed by atoms with Gasteiger partial charge in [-0.25, -0.2) is 4.79 Å². The van der Waals surface area contributed by atoms with Crippen LogP contribution in [0.5, 0.6) is 0 Å². The van der Waals surface area contributed by atoms with Crippen molar-refractivity contribution in [1.82, 2.24) is 15.2 Å². The van der Waals surface area contributed by atoms with Crippen LogP contribution in [0.4, 0.5) is 4.79 Å². The second kappa shape index (κ2) is 9.54. The Morgan fingerprint density at radius 3 is 2.66 bits per heavy atom. The minimum absolute atomic E-state index is 0.230. The van der Waals surface area contributed by atoms with Crippen molar-refractivity contribution in [3.05, 3.63) is 77.0 Å². The molecule has 2 atom stereocenters. The molecule has 0 radical (unpaired) electrons. The number of amides is 1. The van der Waals surface area contributed by atoms with E-state index in [4.69, 9.17) is 4.74 Å². The number of carbonyl (C=O) groups excluding carboxylic acids is 1. The predicted octanol–water partition coefficient (Wildman–Crippen LogP) is 6.92. The number of aryl methyl sites for hydroxylation is 1. The predicted molar refractivity (Wildman–Crippen MR) is 142 cm³/mol. The zero-order chi connectivity index (χ0) is 24.6. The molecule has 3 aromatic rings. The molecule has 1 unspecified atom stereocenters. The summed E-state index contributed by atoms with van der Waals surface area (Å²) in [6.07, 6.45) is 6.25. The normalized spacial score (nSPS) is 19.3. The maximum absolute atomic E-state index is 12.4. The van der Waals surface area contributed by atoms with E-state index in [1.54, 1.807) is 4.90 Å². The van der Waals surface area contributed by atoms with Crippen molar-refractivity contribution in [2.75, 3.05) is 13.1 Å². The number of aromatic amines is 1. The fourth-order valence-electron chi connectivity index (χ4n) is 5.39. The largest absolute Gasteiger partial charge is 0.444 e. The summed E-state index contributed by atoms with van der Waals surface area (Å²) in [5.74, 6) is 0. The zero-order valence-corrected chi connectivity index (χ0v) is 21.4. The second-order valence-electron chi connectivity index (χ2n) is 10.9. The number of rotatable bonds is 4. The molecule has 5 nitrogen and oxygen atoms in total. The van der Waals surface area contributed by atoms with Crippen LogP contribution < -0.4 is 5.32 Å². The van der Waals surface area contributed by atoms with Crippen molar-refractivity contribution in [3.8, 4) is 0 Å². The smallest absolute Gasteiger partial charge is 0.410 e. The Hall–Kier alpha value is -3.05. The van der Waals surface area contributed by atoms with Crippen molar-refractivity contribution >= 4 is 22.6 Å². The summed E-state index contributed by atoms with van der Waals surface area (Å²) < 4.78 is 5.54. The molecule has 0 saturated heterocycles. The highest BCUT2D eigenvalue weighted by atomic mass is 16.6. The van der Waals surface area contributed by atoms with Crippen molar-refractivity contribution in [2.45, 2.75) is 71.1 Å². The van der Waals surface area contributed by atoms with Crippen molar-refractivity contribution in [1.29, 1.82) is 0 Å². The van der Waals surface area contributed by atoms with E-state index >= 15 is 0 Å². The molecule has 2 heterocycles. The van der Waals surface area contributed by atoms with Gasteiger partial charge in [0.05, 0.1) is 0 Å². The fraction of sp³-hybridized carbons (Fsp3) is 0.433. The molecule has 2 aromatic carbocycles. The molecule has 2 N–H and O–H groups in total. The van der Waals surface area contributed by atoms with Gasteiger partial charge in [0.15, 0.2) is 0 Å². The maximum Gasteiger partial charge on any atom is 0.410 e. The Morgan fingerprint density at radius 1 is 1.14 bits per heavy atom. The third-order valence-electron chi connectivity index (χ3n) is 7.19. The number of nitrogens with zero attached hydrogens (tertiary/aromatic N) is 1. The van der Waals surface area contributed by atoms with Gasteiger partial charge in [-0.3, -0.25) is 0 Å². The van der Waals surface area contributed by atoms with Gasteiger partial charge in [-0.2, -0.15) is 0 Å². The van der Waals surface area contributed by atoms with Gasteiger partial charge in [0, 0.05) is 41.8 Å². The number of fused-ring (bicyclic) bond motifs is 3. The molecule has 0 fully saturated rings. The average Bonchev–Trinajstić information content (AvgIpc) is 3.23. The van der Waals surface area contributed by atoms with Gasteiger partial charge in [-0.15, -0.1) is 0 Å². The number of benzene rings is 2. The number of carbonyl (C=O) groups is 1. The number of nitrogens with one attached hydrogen (secondary N) is 2. The molecule has 1 aliphatic heterocycles. The fourth-order valence-corrected chi connectivity index (χ4v) is 5.39. The average molecular weight is 472 g/mol.